The molecule has 0 saturated heterocycles. The van der Waals surface area contributed by atoms with E-state index >= 15 is 0 Å². The molecule has 7 nitrogen and oxygen atoms in total. The molecule has 2 aromatic carbocycles. The van der Waals surface area contributed by atoms with E-state index in [1.165, 1.54) is 6.07 Å². The molecule has 0 heterocycles. The molecule has 156 valence electrons. The average molecular weight is 433 g/mol. The van der Waals surface area contributed by atoms with Gasteiger partial charge < -0.3 is 14.8 Å². The molecule has 0 saturated carbocycles. The van der Waals surface area contributed by atoms with Gasteiger partial charge in [-0.05, 0) is 31.2 Å². The molecule has 0 unspecified atom stereocenters. The van der Waals surface area contributed by atoms with Gasteiger partial charge in [0.05, 0.1) is 22.1 Å². The van der Waals surface area contributed by atoms with Gasteiger partial charge in [-0.2, -0.15) is 13.2 Å². The van der Waals surface area contributed by atoms with Crippen molar-refractivity contribution in [3.63, 3.8) is 0 Å². The van der Waals surface area contributed by atoms with Crippen LogP contribution in [0.3, 0.4) is 0 Å². The molecule has 29 heavy (non-hydrogen) atoms. The zero-order chi connectivity index (χ0) is 21.6. The van der Waals surface area contributed by atoms with Crippen molar-refractivity contribution in [2.75, 3.05) is 19.8 Å². The van der Waals surface area contributed by atoms with Crippen LogP contribution in [0.5, 0.6) is 11.5 Å². The van der Waals surface area contributed by atoms with Gasteiger partial charge >= 0.3 is 6.18 Å². The monoisotopic (exact) mass is 432 g/mol. The number of hydrogen-bond acceptors (Lipinski definition) is 5. The lowest BCUT2D eigenvalue weighted by Crippen LogP contribution is -2.27. The van der Waals surface area contributed by atoms with E-state index in [0.717, 1.165) is 24.3 Å². The Kier molecular flexibility index (Phi) is 7.40. The lowest BCUT2D eigenvalue weighted by molar-refractivity contribution is -0.385. The number of benzene rings is 2. The van der Waals surface area contributed by atoms with Gasteiger partial charge in [0.2, 0.25) is 0 Å². The summed E-state index contributed by atoms with van der Waals surface area (Å²) in [4.78, 5) is 22.7. The van der Waals surface area contributed by atoms with Gasteiger partial charge in [0.25, 0.3) is 11.6 Å². The van der Waals surface area contributed by atoms with Gasteiger partial charge in [-0.1, -0.05) is 11.6 Å². The molecular formula is C18H16ClF3N2O5. The Hall–Kier alpha value is -2.85. The van der Waals surface area contributed by atoms with Gasteiger partial charge in [-0.15, -0.1) is 0 Å². The van der Waals surface area contributed by atoms with Crippen LogP contribution < -0.4 is 10.1 Å². The summed E-state index contributed by atoms with van der Waals surface area (Å²) < 4.78 is 48.7. The maximum atomic E-state index is 12.7. The van der Waals surface area contributed by atoms with E-state index < -0.39 is 28.3 Å². The van der Waals surface area contributed by atoms with E-state index in [1.807, 2.05) is 0 Å². The second-order valence-corrected chi connectivity index (χ2v) is 6.04. The van der Waals surface area contributed by atoms with Crippen LogP contribution in [0, 0.1) is 10.1 Å². The molecule has 0 atom stereocenters. The number of carbonyl (C=O) groups is 1. The van der Waals surface area contributed by atoms with Crippen LogP contribution in [0.4, 0.5) is 18.9 Å². The number of nitrogens with zero attached hydrogens (tertiary/aromatic N) is 1. The normalized spacial score (nSPS) is 11.2. The minimum absolute atomic E-state index is 0.00721. The first-order valence-corrected chi connectivity index (χ1v) is 8.70. The number of amides is 1. The lowest BCUT2D eigenvalue weighted by atomic mass is 10.1. The van der Waals surface area contributed by atoms with Crippen LogP contribution >= 0.6 is 11.6 Å². The highest BCUT2D eigenvalue weighted by Crippen LogP contribution is 2.37. The molecule has 11 heteroatoms. The molecule has 0 bridgehead atoms. The molecule has 0 spiro atoms. The third-order valence-electron chi connectivity index (χ3n) is 3.63. The Bertz CT molecular complexity index is 906. The number of alkyl halides is 3. The Morgan fingerprint density at radius 2 is 1.97 bits per heavy atom. The Labute approximate surface area is 168 Å². The summed E-state index contributed by atoms with van der Waals surface area (Å²) in [7, 11) is 0. The topological polar surface area (TPSA) is 90.7 Å². The summed E-state index contributed by atoms with van der Waals surface area (Å²) in [5.74, 6) is -0.830. The third kappa shape index (κ3) is 6.06. The molecule has 1 N–H and O–H groups in total. The van der Waals surface area contributed by atoms with E-state index in [4.69, 9.17) is 21.1 Å². The van der Waals surface area contributed by atoms with Crippen LogP contribution in [0.25, 0.3) is 0 Å². The van der Waals surface area contributed by atoms with Crippen LogP contribution in [0.15, 0.2) is 36.4 Å². The average Bonchev–Trinajstić information content (AvgIpc) is 2.65. The molecule has 2 rings (SSSR count). The quantitative estimate of drug-likeness (QED) is 0.366. The van der Waals surface area contributed by atoms with Crippen LogP contribution in [-0.4, -0.2) is 30.6 Å². The fourth-order valence-electron chi connectivity index (χ4n) is 2.28. The first-order chi connectivity index (χ1) is 13.6. The summed E-state index contributed by atoms with van der Waals surface area (Å²) in [6.45, 7) is 2.60. The summed E-state index contributed by atoms with van der Waals surface area (Å²) in [5.41, 5.74) is -1.68. The Morgan fingerprint density at radius 1 is 1.24 bits per heavy atom. The molecule has 1 amide bonds. The molecular weight excluding hydrogens is 417 g/mol. The number of ether oxygens (including phenoxy) is 2. The van der Waals surface area contributed by atoms with E-state index in [0.29, 0.717) is 12.7 Å². The third-order valence-corrected chi connectivity index (χ3v) is 3.93. The molecule has 0 aliphatic carbocycles. The van der Waals surface area contributed by atoms with Crippen molar-refractivity contribution in [2.24, 2.45) is 0 Å². The van der Waals surface area contributed by atoms with Crippen molar-refractivity contribution < 1.29 is 32.4 Å². The second kappa shape index (κ2) is 9.57. The summed E-state index contributed by atoms with van der Waals surface area (Å²) in [5, 5.41) is 13.4. The minimum atomic E-state index is -4.57. The number of hydrogen-bond donors (Lipinski definition) is 1. The van der Waals surface area contributed by atoms with Crippen molar-refractivity contribution in [3.8, 4) is 11.5 Å². The highest BCUT2D eigenvalue weighted by atomic mass is 35.5. The van der Waals surface area contributed by atoms with Crippen LogP contribution in [0.1, 0.15) is 22.8 Å². The van der Waals surface area contributed by atoms with E-state index in [1.54, 1.807) is 6.92 Å². The van der Waals surface area contributed by atoms with Crippen LogP contribution in [-0.2, 0) is 10.9 Å². The molecule has 0 radical (unpaired) electrons. The highest BCUT2D eigenvalue weighted by Gasteiger charge is 2.31. The fraction of sp³-hybridized carbons (Fsp3) is 0.278. The maximum absolute atomic E-state index is 12.7. The summed E-state index contributed by atoms with van der Waals surface area (Å²) >= 11 is 5.84. The molecule has 0 aromatic heterocycles. The lowest BCUT2D eigenvalue weighted by Gasteiger charge is -2.12. The first kappa shape index (κ1) is 22.4. The molecule has 0 aliphatic rings. The van der Waals surface area contributed by atoms with Gasteiger partial charge in [0, 0.05) is 25.3 Å². The van der Waals surface area contributed by atoms with Crippen molar-refractivity contribution in [2.45, 2.75) is 13.1 Å². The molecule has 0 aliphatic heterocycles. The molecule has 2 aromatic rings. The zero-order valence-electron chi connectivity index (χ0n) is 15.1. The number of nitro benzene ring substituents is 1. The Morgan fingerprint density at radius 3 is 2.55 bits per heavy atom. The smallest absolute Gasteiger partial charge is 0.416 e. The van der Waals surface area contributed by atoms with Crippen molar-refractivity contribution in [3.05, 3.63) is 62.7 Å². The fourth-order valence-corrected chi connectivity index (χ4v) is 2.50. The minimum Gasteiger partial charge on any atom is -0.456 e. The summed E-state index contributed by atoms with van der Waals surface area (Å²) in [6.07, 6.45) is -4.57. The summed E-state index contributed by atoms with van der Waals surface area (Å²) in [6, 6.07) is 5.89. The van der Waals surface area contributed by atoms with E-state index in [-0.39, 0.29) is 35.2 Å². The van der Waals surface area contributed by atoms with Crippen LogP contribution in [0.2, 0.25) is 5.02 Å². The zero-order valence-corrected chi connectivity index (χ0v) is 15.8. The highest BCUT2D eigenvalue weighted by molar-refractivity contribution is 6.32. The van der Waals surface area contributed by atoms with E-state index in [2.05, 4.69) is 5.32 Å². The number of nitrogens with one attached hydrogen (secondary N) is 1. The maximum Gasteiger partial charge on any atom is 0.416 e. The number of carbonyl (C=O) groups excluding carboxylic acids is 1. The standard InChI is InChI=1S/C18H16ClF3N2O5/c1-2-28-8-7-23-17(25)13-10-12(4-5-15(13)24(26)27)29-16-6-3-11(9-14(16)19)18(20,21)22/h3-6,9-10H,2,7-8H2,1H3,(H,23,25). The molecule has 0 fully saturated rings. The number of rotatable bonds is 8. The van der Waals surface area contributed by atoms with Gasteiger partial charge in [-0.25, -0.2) is 0 Å². The van der Waals surface area contributed by atoms with Gasteiger partial charge in [0.15, 0.2) is 0 Å². The number of nitro groups is 1. The predicted molar refractivity (Wildman–Crippen MR) is 98.5 cm³/mol. The van der Waals surface area contributed by atoms with E-state index in [9.17, 15) is 28.1 Å². The second-order valence-electron chi connectivity index (χ2n) is 5.63. The van der Waals surface area contributed by atoms with Crippen molar-refractivity contribution in [1.29, 1.82) is 0 Å². The van der Waals surface area contributed by atoms with Crippen molar-refractivity contribution >= 4 is 23.2 Å². The SMILES string of the molecule is CCOCCNC(=O)c1cc(Oc2ccc(C(F)(F)F)cc2Cl)ccc1[N+](=O)[O-]. The van der Waals surface area contributed by atoms with Gasteiger partial charge in [0.1, 0.15) is 17.1 Å². The first-order valence-electron chi connectivity index (χ1n) is 8.32. The predicted octanol–water partition coefficient (Wildman–Crippen LogP) is 4.83. The van der Waals surface area contributed by atoms with Gasteiger partial charge in [-0.3, -0.25) is 14.9 Å². The Balaban J connectivity index is 2.26. The largest absolute Gasteiger partial charge is 0.456 e. The van der Waals surface area contributed by atoms with Crippen molar-refractivity contribution in [1.82, 2.24) is 5.32 Å². The number of halogens is 4.